The second kappa shape index (κ2) is 7.75. The van der Waals surface area contributed by atoms with E-state index in [4.69, 9.17) is 4.74 Å². The first-order chi connectivity index (χ1) is 11.0. The van der Waals surface area contributed by atoms with Gasteiger partial charge < -0.3 is 10.1 Å². The molecule has 2 N–H and O–H groups in total. The summed E-state index contributed by atoms with van der Waals surface area (Å²) in [6, 6.07) is 15.0. The first-order valence-corrected chi connectivity index (χ1v) is 8.48. The van der Waals surface area contributed by atoms with Gasteiger partial charge in [0.15, 0.2) is 0 Å². The molecule has 0 saturated heterocycles. The molecule has 2 aromatic rings. The van der Waals surface area contributed by atoms with Gasteiger partial charge in [0.25, 0.3) is 0 Å². The van der Waals surface area contributed by atoms with Gasteiger partial charge in [-0.15, -0.1) is 0 Å². The molecule has 0 aromatic heterocycles. The summed E-state index contributed by atoms with van der Waals surface area (Å²) in [6.45, 7) is 0.0209. The molecule has 2 rings (SSSR count). The van der Waals surface area contributed by atoms with Crippen molar-refractivity contribution in [3.05, 3.63) is 54.6 Å². The molecule has 0 heterocycles. The van der Waals surface area contributed by atoms with E-state index in [1.54, 1.807) is 49.6 Å². The second-order valence-electron chi connectivity index (χ2n) is 4.74. The van der Waals surface area contributed by atoms with Gasteiger partial charge in [-0.25, -0.2) is 13.1 Å². The minimum atomic E-state index is -3.59. The molecule has 0 aliphatic heterocycles. The summed E-state index contributed by atoms with van der Waals surface area (Å²) in [5.74, 6) is 0.349. The second-order valence-corrected chi connectivity index (χ2v) is 6.51. The van der Waals surface area contributed by atoms with Crippen molar-refractivity contribution >= 4 is 21.6 Å². The van der Waals surface area contributed by atoms with E-state index in [9.17, 15) is 13.2 Å². The molecule has 0 aliphatic rings. The molecule has 0 bridgehead atoms. The number of hydrogen-bond donors (Lipinski definition) is 2. The van der Waals surface area contributed by atoms with Gasteiger partial charge >= 0.3 is 0 Å². The van der Waals surface area contributed by atoms with Crippen LogP contribution in [0.3, 0.4) is 0 Å². The van der Waals surface area contributed by atoms with Crippen molar-refractivity contribution in [2.24, 2.45) is 0 Å². The van der Waals surface area contributed by atoms with Crippen LogP contribution in [0.2, 0.25) is 0 Å². The van der Waals surface area contributed by atoms with Crippen LogP contribution in [0.1, 0.15) is 6.42 Å². The number of rotatable bonds is 7. The van der Waals surface area contributed by atoms with Crippen LogP contribution in [0.15, 0.2) is 59.5 Å². The molecule has 1 amide bonds. The zero-order chi connectivity index (χ0) is 16.7. The summed E-state index contributed by atoms with van der Waals surface area (Å²) in [7, 11) is -2.05. The SMILES string of the molecule is COc1cccc(NC(=O)CCNS(=O)(=O)c2ccccc2)c1. The number of carbonyl (C=O) groups excluding carboxylic acids is 1. The van der Waals surface area contributed by atoms with Gasteiger partial charge in [-0.05, 0) is 24.3 Å². The van der Waals surface area contributed by atoms with Crippen LogP contribution < -0.4 is 14.8 Å². The summed E-state index contributed by atoms with van der Waals surface area (Å²) < 4.78 is 31.5. The van der Waals surface area contributed by atoms with Gasteiger partial charge in [0.05, 0.1) is 12.0 Å². The average Bonchev–Trinajstić information content (AvgIpc) is 2.55. The highest BCUT2D eigenvalue weighted by Crippen LogP contribution is 2.16. The van der Waals surface area contributed by atoms with Crippen molar-refractivity contribution in [2.45, 2.75) is 11.3 Å². The maximum Gasteiger partial charge on any atom is 0.240 e. The Kier molecular flexibility index (Phi) is 5.72. The van der Waals surface area contributed by atoms with Crippen LogP contribution in [0, 0.1) is 0 Å². The fraction of sp³-hybridized carbons (Fsp3) is 0.188. The number of nitrogens with one attached hydrogen (secondary N) is 2. The number of hydrogen-bond acceptors (Lipinski definition) is 4. The molecule has 0 spiro atoms. The highest BCUT2D eigenvalue weighted by Gasteiger charge is 2.13. The van der Waals surface area contributed by atoms with Crippen LogP contribution in [0.4, 0.5) is 5.69 Å². The Morgan fingerprint density at radius 1 is 1.09 bits per heavy atom. The molecule has 0 saturated carbocycles. The summed E-state index contributed by atoms with van der Waals surface area (Å²) in [5, 5.41) is 2.69. The lowest BCUT2D eigenvalue weighted by atomic mass is 10.3. The molecule has 2 aromatic carbocycles. The molecular weight excluding hydrogens is 316 g/mol. The van der Waals surface area contributed by atoms with Gasteiger partial charge in [0, 0.05) is 24.7 Å². The predicted octanol–water partition coefficient (Wildman–Crippen LogP) is 2.00. The smallest absolute Gasteiger partial charge is 0.240 e. The first-order valence-electron chi connectivity index (χ1n) is 7.00. The monoisotopic (exact) mass is 334 g/mol. The maximum atomic E-state index is 12.0. The van der Waals surface area contributed by atoms with Crippen molar-refractivity contribution in [3.63, 3.8) is 0 Å². The number of sulfonamides is 1. The Balaban J connectivity index is 1.85. The van der Waals surface area contributed by atoms with Crippen molar-refractivity contribution in [1.29, 1.82) is 0 Å². The minimum Gasteiger partial charge on any atom is -0.497 e. The normalized spacial score (nSPS) is 11.0. The molecule has 6 nitrogen and oxygen atoms in total. The number of anilines is 1. The van der Waals surface area contributed by atoms with Crippen molar-refractivity contribution < 1.29 is 17.9 Å². The van der Waals surface area contributed by atoms with Crippen molar-refractivity contribution in [3.8, 4) is 5.75 Å². The van der Waals surface area contributed by atoms with E-state index in [0.717, 1.165) is 0 Å². The molecule has 23 heavy (non-hydrogen) atoms. The quantitative estimate of drug-likeness (QED) is 0.811. The van der Waals surface area contributed by atoms with Crippen LogP contribution in [0.5, 0.6) is 5.75 Å². The van der Waals surface area contributed by atoms with Crippen molar-refractivity contribution in [2.75, 3.05) is 19.0 Å². The number of amides is 1. The standard InChI is InChI=1S/C16H18N2O4S/c1-22-14-7-5-6-13(12-14)18-16(19)10-11-17-23(20,21)15-8-3-2-4-9-15/h2-9,12,17H,10-11H2,1H3,(H,18,19). The third kappa shape index (κ3) is 5.08. The average molecular weight is 334 g/mol. The van der Waals surface area contributed by atoms with Crippen LogP contribution in [0.25, 0.3) is 0 Å². The molecule has 7 heteroatoms. The Labute approximate surface area is 135 Å². The zero-order valence-corrected chi connectivity index (χ0v) is 13.5. The summed E-state index contributed by atoms with van der Waals surface area (Å²) in [6.07, 6.45) is 0.0310. The fourth-order valence-corrected chi connectivity index (χ4v) is 2.96. The molecule has 0 atom stereocenters. The third-order valence-corrected chi connectivity index (χ3v) is 4.53. The van der Waals surface area contributed by atoms with E-state index < -0.39 is 10.0 Å². The Morgan fingerprint density at radius 3 is 2.52 bits per heavy atom. The van der Waals surface area contributed by atoms with Crippen molar-refractivity contribution in [1.82, 2.24) is 4.72 Å². The highest BCUT2D eigenvalue weighted by atomic mass is 32.2. The summed E-state index contributed by atoms with van der Waals surface area (Å²) >= 11 is 0. The molecular formula is C16H18N2O4S. The molecule has 0 unspecified atom stereocenters. The lowest BCUT2D eigenvalue weighted by molar-refractivity contribution is -0.116. The Bertz CT molecular complexity index is 761. The lowest BCUT2D eigenvalue weighted by Gasteiger charge is -2.08. The minimum absolute atomic E-state index is 0.0209. The van der Waals surface area contributed by atoms with Crippen LogP contribution in [-0.4, -0.2) is 28.0 Å². The van der Waals surface area contributed by atoms with E-state index >= 15 is 0 Å². The first kappa shape index (κ1) is 17.0. The van der Waals surface area contributed by atoms with E-state index in [2.05, 4.69) is 10.0 Å². The third-order valence-electron chi connectivity index (χ3n) is 3.05. The topological polar surface area (TPSA) is 84.5 Å². The molecule has 0 aliphatic carbocycles. The summed E-state index contributed by atoms with van der Waals surface area (Å²) in [5.41, 5.74) is 0.597. The number of methoxy groups -OCH3 is 1. The van der Waals surface area contributed by atoms with E-state index in [-0.39, 0.29) is 23.8 Å². The van der Waals surface area contributed by atoms with E-state index in [0.29, 0.717) is 11.4 Å². The van der Waals surface area contributed by atoms with E-state index in [1.807, 2.05) is 0 Å². The number of benzene rings is 2. The lowest BCUT2D eigenvalue weighted by Crippen LogP contribution is -2.27. The van der Waals surface area contributed by atoms with Gasteiger partial charge in [-0.2, -0.15) is 0 Å². The molecule has 0 radical (unpaired) electrons. The van der Waals surface area contributed by atoms with E-state index in [1.165, 1.54) is 12.1 Å². The Morgan fingerprint density at radius 2 is 1.83 bits per heavy atom. The largest absolute Gasteiger partial charge is 0.497 e. The molecule has 122 valence electrons. The van der Waals surface area contributed by atoms with Crippen LogP contribution in [-0.2, 0) is 14.8 Å². The number of carbonyl (C=O) groups is 1. The van der Waals surface area contributed by atoms with Crippen LogP contribution >= 0.6 is 0 Å². The highest BCUT2D eigenvalue weighted by molar-refractivity contribution is 7.89. The summed E-state index contributed by atoms with van der Waals surface area (Å²) in [4.78, 5) is 12.0. The number of ether oxygens (including phenoxy) is 1. The van der Waals surface area contributed by atoms with Gasteiger partial charge in [0.2, 0.25) is 15.9 Å². The maximum absolute atomic E-state index is 12.0. The fourth-order valence-electron chi connectivity index (χ4n) is 1.91. The van der Waals surface area contributed by atoms with Gasteiger partial charge in [-0.3, -0.25) is 4.79 Å². The Hall–Kier alpha value is -2.38. The van der Waals surface area contributed by atoms with Gasteiger partial charge in [0.1, 0.15) is 5.75 Å². The zero-order valence-electron chi connectivity index (χ0n) is 12.7. The predicted molar refractivity (Wildman–Crippen MR) is 87.9 cm³/mol. The molecule has 0 fully saturated rings. The van der Waals surface area contributed by atoms with Gasteiger partial charge in [-0.1, -0.05) is 24.3 Å².